The molecule has 0 bridgehead atoms. The smallest absolute Gasteiger partial charge is 0.303 e. The lowest BCUT2D eigenvalue weighted by molar-refractivity contribution is -0.137. The largest absolute Gasteiger partial charge is 0.494 e. The molecule has 8 nitrogen and oxygen atoms in total. The van der Waals surface area contributed by atoms with Gasteiger partial charge in [0.15, 0.2) is 17.8 Å². The number of nitrogens with zero attached hydrogens (tertiary/aromatic N) is 1. The van der Waals surface area contributed by atoms with Crippen molar-refractivity contribution in [3.8, 4) is 5.75 Å². The molecule has 1 aliphatic heterocycles. The Hall–Kier alpha value is -2.87. The number of amides is 1. The molecule has 2 N–H and O–H groups in total. The SMILES string of the molecule is O=C(O)CCCOc1ccc(CNC(=O)c2ncoc2[C@H]2CCCO2)cc1. The van der Waals surface area contributed by atoms with Crippen molar-refractivity contribution in [1.82, 2.24) is 10.3 Å². The van der Waals surface area contributed by atoms with E-state index < -0.39 is 5.97 Å². The van der Waals surface area contributed by atoms with Gasteiger partial charge in [-0.25, -0.2) is 4.98 Å². The Labute approximate surface area is 156 Å². The minimum absolute atomic E-state index is 0.0834. The summed E-state index contributed by atoms with van der Waals surface area (Å²) in [5, 5.41) is 11.4. The molecule has 0 saturated carbocycles. The van der Waals surface area contributed by atoms with Gasteiger partial charge in [0.2, 0.25) is 0 Å². The molecule has 0 radical (unpaired) electrons. The molecule has 1 aromatic carbocycles. The number of oxazole rings is 1. The first-order chi connectivity index (χ1) is 13.1. The number of rotatable bonds is 9. The molecule has 27 heavy (non-hydrogen) atoms. The second-order valence-corrected chi connectivity index (χ2v) is 6.24. The van der Waals surface area contributed by atoms with Crippen molar-refractivity contribution >= 4 is 11.9 Å². The highest BCUT2D eigenvalue weighted by Gasteiger charge is 2.27. The molecule has 2 aromatic rings. The van der Waals surface area contributed by atoms with E-state index in [0.717, 1.165) is 18.4 Å². The van der Waals surface area contributed by atoms with Crippen LogP contribution in [0.3, 0.4) is 0 Å². The van der Waals surface area contributed by atoms with Crippen LogP contribution in [0.2, 0.25) is 0 Å². The Kier molecular flexibility index (Phi) is 6.43. The van der Waals surface area contributed by atoms with Gasteiger partial charge in [-0.3, -0.25) is 9.59 Å². The van der Waals surface area contributed by atoms with Crippen LogP contribution in [-0.4, -0.2) is 35.2 Å². The number of carbonyl (C=O) groups excluding carboxylic acids is 1. The van der Waals surface area contributed by atoms with E-state index in [4.69, 9.17) is 19.0 Å². The predicted octanol–water partition coefficient (Wildman–Crippen LogP) is 2.70. The van der Waals surface area contributed by atoms with Gasteiger partial charge < -0.3 is 24.3 Å². The van der Waals surface area contributed by atoms with Gasteiger partial charge in [-0.2, -0.15) is 0 Å². The van der Waals surface area contributed by atoms with Gasteiger partial charge in [0.25, 0.3) is 5.91 Å². The van der Waals surface area contributed by atoms with Crippen molar-refractivity contribution in [3.63, 3.8) is 0 Å². The zero-order chi connectivity index (χ0) is 19.1. The molecule has 144 valence electrons. The Bertz CT molecular complexity index is 765. The fraction of sp³-hybridized carbons (Fsp3) is 0.421. The number of nitrogens with one attached hydrogen (secondary N) is 1. The summed E-state index contributed by atoms with van der Waals surface area (Å²) >= 11 is 0. The third kappa shape index (κ3) is 5.30. The first kappa shape index (κ1) is 18.9. The van der Waals surface area contributed by atoms with E-state index in [-0.39, 0.29) is 24.1 Å². The molecule has 0 unspecified atom stereocenters. The fourth-order valence-electron chi connectivity index (χ4n) is 2.82. The van der Waals surface area contributed by atoms with Crippen LogP contribution in [0.4, 0.5) is 0 Å². The van der Waals surface area contributed by atoms with E-state index in [1.54, 1.807) is 12.1 Å². The first-order valence-electron chi connectivity index (χ1n) is 8.90. The number of carboxylic acids is 1. The normalized spacial score (nSPS) is 16.2. The van der Waals surface area contributed by atoms with E-state index in [1.165, 1.54) is 6.39 Å². The number of hydrogen-bond acceptors (Lipinski definition) is 6. The number of carboxylic acid groups (broad SMARTS) is 1. The number of aliphatic carboxylic acids is 1. The van der Waals surface area contributed by atoms with E-state index in [1.807, 2.05) is 12.1 Å². The average molecular weight is 374 g/mol. The molecule has 1 aromatic heterocycles. The Morgan fingerprint density at radius 3 is 2.81 bits per heavy atom. The lowest BCUT2D eigenvalue weighted by atomic mass is 10.1. The van der Waals surface area contributed by atoms with E-state index in [9.17, 15) is 9.59 Å². The summed E-state index contributed by atoms with van der Waals surface area (Å²) in [7, 11) is 0. The van der Waals surface area contributed by atoms with E-state index in [2.05, 4.69) is 10.3 Å². The van der Waals surface area contributed by atoms with Gasteiger partial charge in [-0.15, -0.1) is 0 Å². The molecular weight excluding hydrogens is 352 g/mol. The molecule has 1 aliphatic rings. The summed E-state index contributed by atoms with van der Waals surface area (Å²) in [6.07, 6.45) is 3.37. The van der Waals surface area contributed by atoms with Crippen molar-refractivity contribution in [1.29, 1.82) is 0 Å². The van der Waals surface area contributed by atoms with Gasteiger partial charge in [0.1, 0.15) is 11.9 Å². The molecule has 1 atom stereocenters. The number of benzene rings is 1. The zero-order valence-electron chi connectivity index (χ0n) is 14.8. The van der Waals surface area contributed by atoms with Crippen LogP contribution in [0, 0.1) is 0 Å². The number of ether oxygens (including phenoxy) is 2. The van der Waals surface area contributed by atoms with Crippen molar-refractivity contribution in [3.05, 3.63) is 47.7 Å². The van der Waals surface area contributed by atoms with Gasteiger partial charge in [0, 0.05) is 19.6 Å². The lowest BCUT2D eigenvalue weighted by Gasteiger charge is -2.09. The van der Waals surface area contributed by atoms with Crippen molar-refractivity contribution < 1.29 is 28.6 Å². The highest BCUT2D eigenvalue weighted by molar-refractivity contribution is 5.93. The summed E-state index contributed by atoms with van der Waals surface area (Å²) in [4.78, 5) is 26.9. The standard InChI is InChI=1S/C19H22N2O6/c22-16(23)4-2-9-25-14-7-5-13(6-8-14)11-20-19(24)17-18(27-12-21-17)15-3-1-10-26-15/h5-8,12,15H,1-4,9-11H2,(H,20,24)(H,22,23)/t15-/m1/s1. The molecule has 0 aliphatic carbocycles. The summed E-state index contributed by atoms with van der Waals surface area (Å²) in [6.45, 7) is 1.35. The molecule has 0 spiro atoms. The Morgan fingerprint density at radius 2 is 2.11 bits per heavy atom. The lowest BCUT2D eigenvalue weighted by Crippen LogP contribution is -2.24. The van der Waals surface area contributed by atoms with Crippen LogP contribution in [0.5, 0.6) is 5.75 Å². The quantitative estimate of drug-likeness (QED) is 0.649. The average Bonchev–Trinajstić information content (AvgIpc) is 3.35. The minimum Gasteiger partial charge on any atom is -0.494 e. The minimum atomic E-state index is -0.834. The zero-order valence-corrected chi connectivity index (χ0v) is 14.8. The Balaban J connectivity index is 1.48. The predicted molar refractivity (Wildman–Crippen MR) is 94.4 cm³/mol. The second-order valence-electron chi connectivity index (χ2n) is 6.24. The summed E-state index contributed by atoms with van der Waals surface area (Å²) in [6, 6.07) is 7.26. The van der Waals surface area contributed by atoms with Crippen LogP contribution in [0.15, 0.2) is 35.1 Å². The maximum absolute atomic E-state index is 12.4. The summed E-state index contributed by atoms with van der Waals surface area (Å²) in [5.74, 6) is 0.00504. The monoisotopic (exact) mass is 374 g/mol. The maximum atomic E-state index is 12.4. The molecule has 2 heterocycles. The van der Waals surface area contributed by atoms with Gasteiger partial charge >= 0.3 is 5.97 Å². The summed E-state index contributed by atoms with van der Waals surface area (Å²) in [5.41, 5.74) is 1.17. The van der Waals surface area contributed by atoms with E-state index >= 15 is 0 Å². The van der Waals surface area contributed by atoms with Crippen LogP contribution < -0.4 is 10.1 Å². The fourth-order valence-corrected chi connectivity index (χ4v) is 2.82. The van der Waals surface area contributed by atoms with Crippen LogP contribution in [-0.2, 0) is 16.1 Å². The summed E-state index contributed by atoms with van der Waals surface area (Å²) < 4.78 is 16.4. The van der Waals surface area contributed by atoms with Crippen LogP contribution in [0.25, 0.3) is 0 Å². The highest BCUT2D eigenvalue weighted by Crippen LogP contribution is 2.30. The van der Waals surface area contributed by atoms with Gasteiger partial charge in [-0.05, 0) is 37.0 Å². The number of carbonyl (C=O) groups is 2. The third-order valence-electron chi connectivity index (χ3n) is 4.21. The topological polar surface area (TPSA) is 111 Å². The maximum Gasteiger partial charge on any atom is 0.303 e. The van der Waals surface area contributed by atoms with Gasteiger partial charge in [0.05, 0.1) is 6.61 Å². The van der Waals surface area contributed by atoms with Crippen molar-refractivity contribution in [2.24, 2.45) is 0 Å². The number of hydrogen-bond donors (Lipinski definition) is 2. The molecule has 8 heteroatoms. The molecule has 1 fully saturated rings. The third-order valence-corrected chi connectivity index (χ3v) is 4.21. The molecule has 3 rings (SSSR count). The highest BCUT2D eigenvalue weighted by atomic mass is 16.5. The molecule has 1 saturated heterocycles. The Morgan fingerprint density at radius 1 is 1.30 bits per heavy atom. The molecular formula is C19H22N2O6. The molecule has 1 amide bonds. The number of aromatic nitrogens is 1. The van der Waals surface area contributed by atoms with Crippen molar-refractivity contribution in [2.45, 2.75) is 38.3 Å². The van der Waals surface area contributed by atoms with Crippen LogP contribution >= 0.6 is 0 Å². The second kappa shape index (κ2) is 9.18. The van der Waals surface area contributed by atoms with Crippen molar-refractivity contribution in [2.75, 3.05) is 13.2 Å². The first-order valence-corrected chi connectivity index (χ1v) is 8.90. The van der Waals surface area contributed by atoms with Crippen LogP contribution in [0.1, 0.15) is 53.6 Å². The van der Waals surface area contributed by atoms with E-state index in [0.29, 0.717) is 37.7 Å². The van der Waals surface area contributed by atoms with Gasteiger partial charge in [-0.1, -0.05) is 12.1 Å².